The van der Waals surface area contributed by atoms with Crippen LogP contribution in [0.3, 0.4) is 0 Å². The highest BCUT2D eigenvalue weighted by atomic mass is 35.5. The number of nitrogens with zero attached hydrogens (tertiary/aromatic N) is 3. The zero-order valence-corrected chi connectivity index (χ0v) is 22.8. The van der Waals surface area contributed by atoms with Crippen molar-refractivity contribution in [2.75, 3.05) is 30.8 Å². The van der Waals surface area contributed by atoms with Gasteiger partial charge in [0.05, 0.1) is 34.8 Å². The molecule has 0 radical (unpaired) electrons. The van der Waals surface area contributed by atoms with Gasteiger partial charge in [-0.25, -0.2) is 13.4 Å². The van der Waals surface area contributed by atoms with E-state index in [-0.39, 0.29) is 27.6 Å². The van der Waals surface area contributed by atoms with E-state index < -0.39 is 15.1 Å². The van der Waals surface area contributed by atoms with Crippen molar-refractivity contribution in [2.24, 2.45) is 0 Å². The maximum absolute atomic E-state index is 12.9. The van der Waals surface area contributed by atoms with Crippen LogP contribution in [-0.4, -0.2) is 54.6 Å². The number of nitrogens with one attached hydrogen (secondary N) is 2. The van der Waals surface area contributed by atoms with Crippen molar-refractivity contribution in [1.29, 1.82) is 0 Å². The predicted molar refractivity (Wildman–Crippen MR) is 145 cm³/mol. The van der Waals surface area contributed by atoms with Gasteiger partial charge in [-0.1, -0.05) is 29.8 Å². The van der Waals surface area contributed by atoms with Crippen LogP contribution in [0.5, 0.6) is 5.75 Å². The van der Waals surface area contributed by atoms with E-state index in [4.69, 9.17) is 16.3 Å². The number of benzene rings is 2. The van der Waals surface area contributed by atoms with Crippen molar-refractivity contribution in [2.45, 2.75) is 43.8 Å². The van der Waals surface area contributed by atoms with Crippen LogP contribution in [0.2, 0.25) is 5.02 Å². The van der Waals surface area contributed by atoms with Crippen LogP contribution in [0.4, 0.5) is 23.1 Å². The number of para-hydroxylation sites is 1. The summed E-state index contributed by atoms with van der Waals surface area (Å²) in [5.74, 6) is 1.25. The standard InChI is InChI=1S/C26H30ClN5O4S/c1-16(2)37(34,35)23-8-6-5-7-21(23)29-25-20(27)15-28-26(31-25)30-22-10-9-18-11-13-32(17(3)33)14-12-19(18)24(22)36-4/h5-10,15-16H,11-14H2,1-4H3,(H2,28,29,30,31). The second-order valence-electron chi connectivity index (χ2n) is 9.02. The number of methoxy groups -OCH3 is 1. The molecule has 1 aromatic heterocycles. The van der Waals surface area contributed by atoms with Crippen LogP contribution in [-0.2, 0) is 27.5 Å². The average Bonchev–Trinajstić information content (AvgIpc) is 3.09. The molecule has 0 fully saturated rings. The fourth-order valence-corrected chi connectivity index (χ4v) is 5.61. The lowest BCUT2D eigenvalue weighted by atomic mass is 10.0. The summed E-state index contributed by atoms with van der Waals surface area (Å²) in [6.07, 6.45) is 2.86. The molecule has 2 N–H and O–H groups in total. The molecule has 9 nitrogen and oxygen atoms in total. The fraction of sp³-hybridized carbons (Fsp3) is 0.346. The number of carbonyl (C=O) groups is 1. The molecule has 196 valence electrons. The fourth-order valence-electron chi connectivity index (χ4n) is 4.27. The van der Waals surface area contributed by atoms with Crippen molar-refractivity contribution in [1.82, 2.24) is 14.9 Å². The van der Waals surface area contributed by atoms with Crippen molar-refractivity contribution < 1.29 is 17.9 Å². The largest absolute Gasteiger partial charge is 0.494 e. The first-order chi connectivity index (χ1) is 17.6. The summed E-state index contributed by atoms with van der Waals surface area (Å²) >= 11 is 6.37. The first-order valence-corrected chi connectivity index (χ1v) is 13.9. The summed E-state index contributed by atoms with van der Waals surface area (Å²) in [6, 6.07) is 10.6. The van der Waals surface area contributed by atoms with Gasteiger partial charge in [0.15, 0.2) is 15.7 Å². The average molecular weight is 544 g/mol. The van der Waals surface area contributed by atoms with Crippen LogP contribution in [0.1, 0.15) is 31.9 Å². The minimum absolute atomic E-state index is 0.0579. The third kappa shape index (κ3) is 5.65. The number of amides is 1. The molecule has 0 unspecified atom stereocenters. The molecule has 1 amide bonds. The first kappa shape index (κ1) is 26.7. The molecular weight excluding hydrogens is 514 g/mol. The molecule has 2 aromatic carbocycles. The summed E-state index contributed by atoms with van der Waals surface area (Å²) < 4.78 is 31.5. The van der Waals surface area contributed by atoms with E-state index >= 15 is 0 Å². The summed E-state index contributed by atoms with van der Waals surface area (Å²) in [7, 11) is -1.93. The van der Waals surface area contributed by atoms with Gasteiger partial charge in [0.1, 0.15) is 10.8 Å². The maximum atomic E-state index is 12.9. The molecule has 1 aliphatic heterocycles. The monoisotopic (exact) mass is 543 g/mol. The highest BCUT2D eigenvalue weighted by Crippen LogP contribution is 2.36. The molecule has 0 spiro atoms. The number of aromatic nitrogens is 2. The Labute approximate surface area is 222 Å². The van der Waals surface area contributed by atoms with Crippen LogP contribution in [0.15, 0.2) is 47.5 Å². The van der Waals surface area contributed by atoms with Gasteiger partial charge in [-0.2, -0.15) is 4.98 Å². The van der Waals surface area contributed by atoms with Gasteiger partial charge >= 0.3 is 0 Å². The topological polar surface area (TPSA) is 114 Å². The lowest BCUT2D eigenvalue weighted by Crippen LogP contribution is -2.30. The SMILES string of the molecule is COc1c(Nc2ncc(Cl)c(Nc3ccccc3S(=O)(=O)C(C)C)n2)ccc2c1CCN(C(C)=O)CC2. The van der Waals surface area contributed by atoms with Gasteiger partial charge in [0.25, 0.3) is 0 Å². The number of ether oxygens (including phenoxy) is 1. The van der Waals surface area contributed by atoms with E-state index in [1.54, 1.807) is 52.1 Å². The first-order valence-electron chi connectivity index (χ1n) is 12.0. The molecule has 11 heteroatoms. The number of hydrogen-bond acceptors (Lipinski definition) is 8. The Morgan fingerprint density at radius 1 is 1.08 bits per heavy atom. The van der Waals surface area contributed by atoms with Gasteiger partial charge in [0.2, 0.25) is 11.9 Å². The van der Waals surface area contributed by atoms with E-state index in [0.29, 0.717) is 36.6 Å². The second-order valence-corrected chi connectivity index (χ2v) is 11.9. The molecule has 0 aliphatic carbocycles. The molecule has 4 rings (SSSR count). The highest BCUT2D eigenvalue weighted by molar-refractivity contribution is 7.92. The highest BCUT2D eigenvalue weighted by Gasteiger charge is 2.24. The lowest BCUT2D eigenvalue weighted by molar-refractivity contribution is -0.128. The molecule has 37 heavy (non-hydrogen) atoms. The van der Waals surface area contributed by atoms with Crippen LogP contribution < -0.4 is 15.4 Å². The molecule has 0 saturated heterocycles. The number of hydrogen-bond donors (Lipinski definition) is 2. The number of halogens is 1. The quantitative estimate of drug-likeness (QED) is 0.438. The van der Waals surface area contributed by atoms with Gasteiger partial charge in [0, 0.05) is 25.6 Å². The molecular formula is C26H30ClN5O4S. The molecule has 1 aliphatic rings. The molecule has 0 saturated carbocycles. The third-order valence-corrected chi connectivity index (χ3v) is 8.83. The predicted octanol–water partition coefficient (Wildman–Crippen LogP) is 4.76. The van der Waals surface area contributed by atoms with Crippen molar-refractivity contribution >= 4 is 50.5 Å². The third-order valence-electron chi connectivity index (χ3n) is 6.35. The minimum atomic E-state index is -3.54. The Balaban J connectivity index is 1.64. The zero-order valence-electron chi connectivity index (χ0n) is 21.2. The number of fused-ring (bicyclic) bond motifs is 1. The Hall–Kier alpha value is -3.37. The Bertz CT molecular complexity index is 1430. The van der Waals surface area contributed by atoms with Gasteiger partial charge < -0.3 is 20.3 Å². The summed E-state index contributed by atoms with van der Waals surface area (Å²) in [6.45, 7) is 6.14. The molecule has 3 aromatic rings. The number of anilines is 4. The van der Waals surface area contributed by atoms with E-state index in [1.807, 2.05) is 17.0 Å². The number of rotatable bonds is 7. The van der Waals surface area contributed by atoms with Crippen molar-refractivity contribution in [3.63, 3.8) is 0 Å². The van der Waals surface area contributed by atoms with Crippen molar-refractivity contribution in [3.8, 4) is 5.75 Å². The van der Waals surface area contributed by atoms with E-state index in [9.17, 15) is 13.2 Å². The molecule has 0 atom stereocenters. The maximum Gasteiger partial charge on any atom is 0.229 e. The smallest absolute Gasteiger partial charge is 0.229 e. The van der Waals surface area contributed by atoms with Gasteiger partial charge in [-0.15, -0.1) is 0 Å². The van der Waals surface area contributed by atoms with Crippen LogP contribution in [0, 0.1) is 0 Å². The van der Waals surface area contributed by atoms with Gasteiger partial charge in [-0.05, 0) is 50.5 Å². The molecule has 2 heterocycles. The Morgan fingerprint density at radius 2 is 1.81 bits per heavy atom. The summed E-state index contributed by atoms with van der Waals surface area (Å²) in [5, 5.41) is 5.91. The minimum Gasteiger partial charge on any atom is -0.494 e. The molecule has 0 bridgehead atoms. The normalized spacial score (nSPS) is 13.6. The Kier molecular flexibility index (Phi) is 7.89. The summed E-state index contributed by atoms with van der Waals surface area (Å²) in [4.78, 5) is 22.7. The van der Waals surface area contributed by atoms with E-state index in [1.165, 1.54) is 6.20 Å². The Morgan fingerprint density at radius 3 is 2.51 bits per heavy atom. The second kappa shape index (κ2) is 10.9. The number of sulfone groups is 1. The van der Waals surface area contributed by atoms with E-state index in [0.717, 1.165) is 17.5 Å². The van der Waals surface area contributed by atoms with E-state index in [2.05, 4.69) is 20.6 Å². The van der Waals surface area contributed by atoms with Crippen molar-refractivity contribution in [3.05, 3.63) is 58.7 Å². The zero-order chi connectivity index (χ0) is 26.7. The van der Waals surface area contributed by atoms with Crippen LogP contribution >= 0.6 is 11.6 Å². The van der Waals surface area contributed by atoms with Crippen LogP contribution in [0.25, 0.3) is 0 Å². The number of carbonyl (C=O) groups excluding carboxylic acids is 1. The lowest BCUT2D eigenvalue weighted by Gasteiger charge is -2.18. The van der Waals surface area contributed by atoms with Gasteiger partial charge in [-0.3, -0.25) is 4.79 Å². The summed E-state index contributed by atoms with van der Waals surface area (Å²) in [5.41, 5.74) is 3.22.